The predicted octanol–water partition coefficient (Wildman–Crippen LogP) is 3.67. The van der Waals surface area contributed by atoms with Gasteiger partial charge in [0.15, 0.2) is 0 Å². The second-order valence-electron chi connectivity index (χ2n) is 3.30. The molecule has 19 heavy (non-hydrogen) atoms. The molecule has 0 N–H and O–H groups in total. The first-order valence-electron chi connectivity index (χ1n) is 4.89. The van der Waals surface area contributed by atoms with E-state index < -0.39 is 6.36 Å². The molecule has 102 valence electrons. The molecule has 0 atom stereocenters. The summed E-state index contributed by atoms with van der Waals surface area (Å²) in [4.78, 5) is 0. The number of benzene rings is 1. The standard InChI is InChI=1S/C10H6ClF3N2O2S/c11-9-8(15-16-19-9)5-17-6-1-3-7(4-2-6)18-10(12,13)14/h1-4H,5H2. The van der Waals surface area contributed by atoms with Crippen LogP contribution in [0.1, 0.15) is 5.69 Å². The van der Waals surface area contributed by atoms with Gasteiger partial charge in [0.2, 0.25) is 0 Å². The van der Waals surface area contributed by atoms with E-state index in [0.29, 0.717) is 15.8 Å². The Balaban J connectivity index is 1.94. The SMILES string of the molecule is FC(F)(F)Oc1ccc(OCc2nnsc2Cl)cc1. The number of hydrogen-bond acceptors (Lipinski definition) is 5. The fraction of sp³-hybridized carbons (Fsp3) is 0.200. The van der Waals surface area contributed by atoms with Gasteiger partial charge in [0.05, 0.1) is 0 Å². The van der Waals surface area contributed by atoms with Gasteiger partial charge in [-0.25, -0.2) is 0 Å². The molecule has 0 saturated heterocycles. The van der Waals surface area contributed by atoms with Crippen LogP contribution in [0.15, 0.2) is 24.3 Å². The van der Waals surface area contributed by atoms with Crippen LogP contribution in [0.2, 0.25) is 4.34 Å². The number of ether oxygens (including phenoxy) is 2. The van der Waals surface area contributed by atoms with Crippen molar-refractivity contribution in [1.82, 2.24) is 9.59 Å². The van der Waals surface area contributed by atoms with Gasteiger partial charge in [0.1, 0.15) is 28.1 Å². The van der Waals surface area contributed by atoms with E-state index in [4.69, 9.17) is 16.3 Å². The maximum absolute atomic E-state index is 11.9. The first kappa shape index (κ1) is 13.9. The van der Waals surface area contributed by atoms with Gasteiger partial charge < -0.3 is 9.47 Å². The molecule has 4 nitrogen and oxygen atoms in total. The van der Waals surface area contributed by atoms with Crippen LogP contribution in [0.5, 0.6) is 11.5 Å². The smallest absolute Gasteiger partial charge is 0.487 e. The molecule has 0 saturated carbocycles. The Morgan fingerprint density at radius 3 is 2.32 bits per heavy atom. The Labute approximate surface area is 114 Å². The molecule has 1 aromatic carbocycles. The summed E-state index contributed by atoms with van der Waals surface area (Å²) in [6.45, 7) is 0.0921. The largest absolute Gasteiger partial charge is 0.573 e. The van der Waals surface area contributed by atoms with Gasteiger partial charge in [-0.05, 0) is 24.3 Å². The van der Waals surface area contributed by atoms with E-state index in [1.807, 2.05) is 0 Å². The van der Waals surface area contributed by atoms with Crippen molar-refractivity contribution >= 4 is 23.1 Å². The van der Waals surface area contributed by atoms with E-state index in [-0.39, 0.29) is 12.4 Å². The fourth-order valence-corrected chi connectivity index (χ4v) is 1.77. The van der Waals surface area contributed by atoms with Crippen molar-refractivity contribution in [3.63, 3.8) is 0 Å². The Morgan fingerprint density at radius 1 is 1.16 bits per heavy atom. The summed E-state index contributed by atoms with van der Waals surface area (Å²) in [6.07, 6.45) is -4.71. The molecule has 0 aliphatic heterocycles. The lowest BCUT2D eigenvalue weighted by atomic mass is 10.3. The van der Waals surface area contributed by atoms with E-state index in [9.17, 15) is 13.2 Å². The molecule has 1 heterocycles. The predicted molar refractivity (Wildman–Crippen MR) is 62.4 cm³/mol. The molecule has 1 aromatic heterocycles. The molecule has 0 spiro atoms. The average molecular weight is 311 g/mol. The van der Waals surface area contributed by atoms with Crippen molar-refractivity contribution in [2.45, 2.75) is 13.0 Å². The molecular weight excluding hydrogens is 305 g/mol. The van der Waals surface area contributed by atoms with Crippen LogP contribution in [-0.2, 0) is 6.61 Å². The monoisotopic (exact) mass is 310 g/mol. The molecule has 0 bridgehead atoms. The molecule has 9 heteroatoms. The summed E-state index contributed by atoms with van der Waals surface area (Å²) in [5.74, 6) is 0.0619. The number of nitrogens with zero attached hydrogens (tertiary/aromatic N) is 2. The third-order valence-electron chi connectivity index (χ3n) is 1.94. The Hall–Kier alpha value is -1.54. The highest BCUT2D eigenvalue weighted by molar-refractivity contribution is 7.10. The second-order valence-corrected chi connectivity index (χ2v) is 4.66. The second kappa shape index (κ2) is 5.62. The molecule has 0 aliphatic carbocycles. The zero-order valence-electron chi connectivity index (χ0n) is 9.15. The Bertz CT molecular complexity index is 544. The van der Waals surface area contributed by atoms with E-state index in [1.54, 1.807) is 0 Å². The normalized spacial score (nSPS) is 11.4. The molecule has 0 aliphatic rings. The minimum absolute atomic E-state index is 0.0921. The van der Waals surface area contributed by atoms with Gasteiger partial charge in [-0.3, -0.25) is 0 Å². The first-order chi connectivity index (χ1) is 8.94. The Kier molecular flexibility index (Phi) is 4.11. The van der Waals surface area contributed by atoms with E-state index in [0.717, 1.165) is 23.7 Å². The molecule has 0 amide bonds. The zero-order valence-corrected chi connectivity index (χ0v) is 10.7. The van der Waals surface area contributed by atoms with E-state index >= 15 is 0 Å². The number of alkyl halides is 3. The summed E-state index contributed by atoms with van der Waals surface area (Å²) >= 11 is 6.80. The van der Waals surface area contributed by atoms with Crippen LogP contribution in [0, 0.1) is 0 Å². The van der Waals surface area contributed by atoms with Crippen LogP contribution in [0.3, 0.4) is 0 Å². The molecule has 2 aromatic rings. The minimum atomic E-state index is -4.71. The molecular formula is C10H6ClF3N2O2S. The van der Waals surface area contributed by atoms with Gasteiger partial charge in [0, 0.05) is 11.5 Å². The highest BCUT2D eigenvalue weighted by Crippen LogP contribution is 2.25. The highest BCUT2D eigenvalue weighted by atomic mass is 35.5. The van der Waals surface area contributed by atoms with Crippen molar-refractivity contribution in [2.24, 2.45) is 0 Å². The van der Waals surface area contributed by atoms with Crippen LogP contribution >= 0.6 is 23.1 Å². The summed E-state index contributed by atoms with van der Waals surface area (Å²) in [6, 6.07) is 5.02. The number of rotatable bonds is 4. The van der Waals surface area contributed by atoms with Crippen molar-refractivity contribution in [3.8, 4) is 11.5 Å². The average Bonchev–Trinajstić information content (AvgIpc) is 2.72. The maximum atomic E-state index is 11.9. The fourth-order valence-electron chi connectivity index (χ4n) is 1.17. The minimum Gasteiger partial charge on any atom is -0.487 e. The lowest BCUT2D eigenvalue weighted by Gasteiger charge is -2.09. The van der Waals surface area contributed by atoms with Crippen molar-refractivity contribution < 1.29 is 22.6 Å². The van der Waals surface area contributed by atoms with Gasteiger partial charge in [0.25, 0.3) is 0 Å². The third kappa shape index (κ3) is 4.25. The van der Waals surface area contributed by atoms with Gasteiger partial charge in [-0.15, -0.1) is 18.3 Å². The quantitative estimate of drug-likeness (QED) is 0.864. The van der Waals surface area contributed by atoms with Crippen molar-refractivity contribution in [1.29, 1.82) is 0 Å². The first-order valence-corrected chi connectivity index (χ1v) is 6.04. The van der Waals surface area contributed by atoms with Gasteiger partial charge in [-0.1, -0.05) is 16.1 Å². The van der Waals surface area contributed by atoms with Crippen LogP contribution < -0.4 is 9.47 Å². The lowest BCUT2D eigenvalue weighted by Crippen LogP contribution is -2.16. The highest BCUT2D eigenvalue weighted by Gasteiger charge is 2.30. The topological polar surface area (TPSA) is 44.2 Å². The van der Waals surface area contributed by atoms with E-state index in [1.165, 1.54) is 12.1 Å². The van der Waals surface area contributed by atoms with Crippen LogP contribution in [0.25, 0.3) is 0 Å². The number of aromatic nitrogens is 2. The number of halogens is 4. The number of hydrogen-bond donors (Lipinski definition) is 0. The molecule has 2 rings (SSSR count). The summed E-state index contributed by atoms with van der Waals surface area (Å²) in [7, 11) is 0. The zero-order chi connectivity index (χ0) is 13.9. The van der Waals surface area contributed by atoms with Gasteiger partial charge >= 0.3 is 6.36 Å². The van der Waals surface area contributed by atoms with Crippen LogP contribution in [-0.4, -0.2) is 15.9 Å². The molecule has 0 fully saturated rings. The summed E-state index contributed by atoms with van der Waals surface area (Å²) in [5.41, 5.74) is 0.474. The Morgan fingerprint density at radius 2 is 1.79 bits per heavy atom. The molecule has 0 unspecified atom stereocenters. The van der Waals surface area contributed by atoms with Crippen molar-refractivity contribution in [2.75, 3.05) is 0 Å². The van der Waals surface area contributed by atoms with E-state index in [2.05, 4.69) is 14.3 Å². The molecule has 0 radical (unpaired) electrons. The third-order valence-corrected chi connectivity index (χ3v) is 2.93. The lowest BCUT2D eigenvalue weighted by molar-refractivity contribution is -0.274. The van der Waals surface area contributed by atoms with Crippen LogP contribution in [0.4, 0.5) is 13.2 Å². The van der Waals surface area contributed by atoms with Gasteiger partial charge in [-0.2, -0.15) is 0 Å². The van der Waals surface area contributed by atoms with Crippen molar-refractivity contribution in [3.05, 3.63) is 34.3 Å². The maximum Gasteiger partial charge on any atom is 0.573 e. The summed E-state index contributed by atoms with van der Waals surface area (Å²) < 4.78 is 48.9. The summed E-state index contributed by atoms with van der Waals surface area (Å²) in [5, 5.41) is 3.73.